The van der Waals surface area contributed by atoms with Gasteiger partial charge in [0.2, 0.25) is 0 Å². The van der Waals surface area contributed by atoms with E-state index in [1.807, 2.05) is 13.8 Å². The molecule has 0 N–H and O–H groups in total. The van der Waals surface area contributed by atoms with Crippen LogP contribution in [0.15, 0.2) is 18.2 Å². The Morgan fingerprint density at radius 1 is 1.19 bits per heavy atom. The molecule has 0 aliphatic rings. The molecule has 0 spiro atoms. The Kier molecular flexibility index (Phi) is 4.40. The molecule has 0 saturated carbocycles. The van der Waals surface area contributed by atoms with E-state index in [0.717, 1.165) is 24.6 Å². The zero-order chi connectivity index (χ0) is 12.1. The zero-order valence-electron chi connectivity index (χ0n) is 9.46. The van der Waals surface area contributed by atoms with Crippen LogP contribution in [0.2, 0.25) is 0 Å². The molecule has 1 aromatic rings. The number of amides is 1. The molecule has 0 atom stereocenters. The van der Waals surface area contributed by atoms with Gasteiger partial charge in [-0.1, -0.05) is 6.92 Å². The Hall–Kier alpha value is -1.45. The van der Waals surface area contributed by atoms with Gasteiger partial charge in [0.05, 0.1) is 0 Å². The van der Waals surface area contributed by atoms with Crippen molar-refractivity contribution in [1.29, 1.82) is 0 Å². The fourth-order valence-electron chi connectivity index (χ4n) is 1.53. The lowest BCUT2D eigenvalue weighted by Crippen LogP contribution is -2.31. The molecule has 4 heteroatoms. The molecule has 0 unspecified atom stereocenters. The molecular weight excluding hydrogens is 212 g/mol. The lowest BCUT2D eigenvalue weighted by molar-refractivity contribution is 0.0763. The predicted octanol–water partition coefficient (Wildman–Crippen LogP) is 2.84. The highest BCUT2D eigenvalue weighted by Gasteiger charge is 2.14. The topological polar surface area (TPSA) is 20.3 Å². The van der Waals surface area contributed by atoms with E-state index in [-0.39, 0.29) is 11.5 Å². The van der Waals surface area contributed by atoms with Gasteiger partial charge in [0, 0.05) is 24.7 Å². The maximum atomic E-state index is 12.9. The van der Waals surface area contributed by atoms with Crippen LogP contribution in [0.5, 0.6) is 0 Å². The lowest BCUT2D eigenvalue weighted by Gasteiger charge is -2.20. The molecule has 0 fully saturated rings. The van der Waals surface area contributed by atoms with Crippen LogP contribution in [-0.2, 0) is 0 Å². The number of hydrogen-bond acceptors (Lipinski definition) is 1. The van der Waals surface area contributed by atoms with Gasteiger partial charge in [0.15, 0.2) is 0 Å². The van der Waals surface area contributed by atoms with Crippen molar-refractivity contribution in [3.8, 4) is 0 Å². The molecule has 1 aromatic carbocycles. The first-order valence-electron chi connectivity index (χ1n) is 5.33. The fourth-order valence-corrected chi connectivity index (χ4v) is 1.53. The molecule has 16 heavy (non-hydrogen) atoms. The first-order chi connectivity index (χ1) is 7.58. The molecule has 2 nitrogen and oxygen atoms in total. The Bertz CT molecular complexity index is 359. The second-order valence-corrected chi connectivity index (χ2v) is 3.54. The number of benzene rings is 1. The van der Waals surface area contributed by atoms with Gasteiger partial charge in [-0.05, 0) is 25.5 Å². The highest BCUT2D eigenvalue weighted by atomic mass is 19.1. The van der Waals surface area contributed by atoms with Crippen LogP contribution in [0.4, 0.5) is 8.78 Å². The Labute approximate surface area is 93.9 Å². The Morgan fingerprint density at radius 2 is 1.75 bits per heavy atom. The van der Waals surface area contributed by atoms with Crippen LogP contribution < -0.4 is 0 Å². The number of carbonyl (C=O) groups excluding carboxylic acids is 1. The van der Waals surface area contributed by atoms with Gasteiger partial charge >= 0.3 is 0 Å². The monoisotopic (exact) mass is 227 g/mol. The van der Waals surface area contributed by atoms with E-state index in [1.54, 1.807) is 4.90 Å². The second-order valence-electron chi connectivity index (χ2n) is 3.54. The van der Waals surface area contributed by atoms with Gasteiger partial charge in [0.1, 0.15) is 11.6 Å². The molecule has 88 valence electrons. The summed E-state index contributed by atoms with van der Waals surface area (Å²) in [6.45, 7) is 4.91. The Balaban J connectivity index is 2.94. The summed E-state index contributed by atoms with van der Waals surface area (Å²) < 4.78 is 25.9. The third-order valence-electron chi connectivity index (χ3n) is 2.27. The normalized spacial score (nSPS) is 10.2. The number of hydrogen-bond donors (Lipinski definition) is 0. The van der Waals surface area contributed by atoms with E-state index in [0.29, 0.717) is 13.1 Å². The van der Waals surface area contributed by atoms with Crippen LogP contribution in [0.25, 0.3) is 0 Å². The molecular formula is C12H15F2NO. The van der Waals surface area contributed by atoms with Crippen LogP contribution in [-0.4, -0.2) is 23.9 Å². The third kappa shape index (κ3) is 3.02. The van der Waals surface area contributed by atoms with Crippen LogP contribution in [0.3, 0.4) is 0 Å². The minimum Gasteiger partial charge on any atom is -0.339 e. The first kappa shape index (κ1) is 12.6. The maximum absolute atomic E-state index is 12.9. The second kappa shape index (κ2) is 5.58. The van der Waals surface area contributed by atoms with Crippen molar-refractivity contribution in [3.05, 3.63) is 35.4 Å². The fraction of sp³-hybridized carbons (Fsp3) is 0.417. The highest BCUT2D eigenvalue weighted by Crippen LogP contribution is 2.11. The molecule has 1 amide bonds. The lowest BCUT2D eigenvalue weighted by atomic mass is 10.2. The molecule has 0 bridgehead atoms. The molecule has 0 radical (unpaired) electrons. The molecule has 0 aliphatic heterocycles. The van der Waals surface area contributed by atoms with Crippen LogP contribution in [0.1, 0.15) is 30.6 Å². The standard InChI is InChI=1S/C12H15F2NO/c1-3-5-15(4-2)12(16)9-6-10(13)8-11(14)7-9/h6-8H,3-5H2,1-2H3. The van der Waals surface area contributed by atoms with Gasteiger partial charge in [-0.2, -0.15) is 0 Å². The number of rotatable bonds is 4. The SMILES string of the molecule is CCCN(CC)C(=O)c1cc(F)cc(F)c1. The maximum Gasteiger partial charge on any atom is 0.254 e. The van der Waals surface area contributed by atoms with Crippen LogP contribution in [0, 0.1) is 11.6 Å². The van der Waals surface area contributed by atoms with Gasteiger partial charge < -0.3 is 4.90 Å². The predicted molar refractivity (Wildman–Crippen MR) is 58.2 cm³/mol. The van der Waals surface area contributed by atoms with Gasteiger partial charge in [0.25, 0.3) is 5.91 Å². The summed E-state index contributed by atoms with van der Waals surface area (Å²) in [4.78, 5) is 13.4. The van der Waals surface area contributed by atoms with Gasteiger partial charge in [-0.15, -0.1) is 0 Å². The summed E-state index contributed by atoms with van der Waals surface area (Å²) in [5, 5.41) is 0. The average Bonchev–Trinajstić information content (AvgIpc) is 2.23. The van der Waals surface area contributed by atoms with Crippen molar-refractivity contribution in [1.82, 2.24) is 4.90 Å². The summed E-state index contributed by atoms with van der Waals surface area (Å²) in [5.74, 6) is -1.78. The first-order valence-corrected chi connectivity index (χ1v) is 5.33. The van der Waals surface area contributed by atoms with Crippen LogP contribution >= 0.6 is 0 Å². The number of carbonyl (C=O) groups is 1. The van der Waals surface area contributed by atoms with E-state index in [9.17, 15) is 13.6 Å². The zero-order valence-corrected chi connectivity index (χ0v) is 9.46. The molecule has 0 heterocycles. The van der Waals surface area contributed by atoms with E-state index in [2.05, 4.69) is 0 Å². The van der Waals surface area contributed by atoms with Crippen molar-refractivity contribution in [2.45, 2.75) is 20.3 Å². The third-order valence-corrected chi connectivity index (χ3v) is 2.27. The average molecular weight is 227 g/mol. The van der Waals surface area contributed by atoms with Crippen molar-refractivity contribution < 1.29 is 13.6 Å². The minimum absolute atomic E-state index is 0.0628. The minimum atomic E-state index is -0.726. The van der Waals surface area contributed by atoms with E-state index in [4.69, 9.17) is 0 Å². The summed E-state index contributed by atoms with van der Waals surface area (Å²) in [7, 11) is 0. The smallest absolute Gasteiger partial charge is 0.254 e. The summed E-state index contributed by atoms with van der Waals surface area (Å²) >= 11 is 0. The van der Waals surface area contributed by atoms with Crippen molar-refractivity contribution >= 4 is 5.91 Å². The summed E-state index contributed by atoms with van der Waals surface area (Å²) in [5.41, 5.74) is 0.0628. The van der Waals surface area contributed by atoms with Gasteiger partial charge in [-0.3, -0.25) is 4.79 Å². The highest BCUT2D eigenvalue weighted by molar-refractivity contribution is 5.94. The van der Waals surface area contributed by atoms with Crippen molar-refractivity contribution in [3.63, 3.8) is 0 Å². The molecule has 1 rings (SSSR count). The largest absolute Gasteiger partial charge is 0.339 e. The number of nitrogens with zero attached hydrogens (tertiary/aromatic N) is 1. The van der Waals surface area contributed by atoms with Gasteiger partial charge in [-0.25, -0.2) is 8.78 Å². The quantitative estimate of drug-likeness (QED) is 0.774. The summed E-state index contributed by atoms with van der Waals surface area (Å²) in [6, 6.07) is 2.88. The molecule has 0 saturated heterocycles. The summed E-state index contributed by atoms with van der Waals surface area (Å²) in [6.07, 6.45) is 0.817. The van der Waals surface area contributed by atoms with Crippen molar-refractivity contribution in [2.75, 3.05) is 13.1 Å². The number of halogens is 2. The molecule has 0 aromatic heterocycles. The van der Waals surface area contributed by atoms with E-state index >= 15 is 0 Å². The van der Waals surface area contributed by atoms with E-state index < -0.39 is 11.6 Å². The molecule has 0 aliphatic carbocycles. The Morgan fingerprint density at radius 3 is 2.19 bits per heavy atom. The van der Waals surface area contributed by atoms with E-state index in [1.165, 1.54) is 0 Å². The van der Waals surface area contributed by atoms with Crippen molar-refractivity contribution in [2.24, 2.45) is 0 Å².